The van der Waals surface area contributed by atoms with Crippen LogP contribution in [0.3, 0.4) is 0 Å². The first-order valence-corrected chi connectivity index (χ1v) is 11.1. The molecule has 0 bridgehead atoms. The Labute approximate surface area is 191 Å². The molecule has 1 aromatic carbocycles. The van der Waals surface area contributed by atoms with E-state index in [9.17, 15) is 9.59 Å². The summed E-state index contributed by atoms with van der Waals surface area (Å²) in [4.78, 5) is 30.5. The van der Waals surface area contributed by atoms with Crippen LogP contribution >= 0.6 is 11.8 Å². The first kappa shape index (κ1) is 23.5. The van der Waals surface area contributed by atoms with E-state index in [0.29, 0.717) is 23.7 Å². The molecule has 3 rings (SSSR count). The molecule has 2 aromatic heterocycles. The van der Waals surface area contributed by atoms with Gasteiger partial charge in [0.25, 0.3) is 5.91 Å². The highest BCUT2D eigenvalue weighted by Crippen LogP contribution is 2.22. The molecule has 0 aliphatic heterocycles. The number of carbonyl (C=O) groups is 2. The fourth-order valence-corrected chi connectivity index (χ4v) is 3.65. The predicted octanol–water partition coefficient (Wildman–Crippen LogP) is 4.92. The molecule has 0 spiro atoms. The largest absolute Gasteiger partial charge is 0.455 e. The van der Waals surface area contributed by atoms with Crippen molar-refractivity contribution in [2.75, 3.05) is 12.4 Å². The zero-order valence-corrected chi connectivity index (χ0v) is 19.7. The number of nitrogens with zero attached hydrogens (tertiary/aromatic N) is 3. The first-order chi connectivity index (χ1) is 15.1. The van der Waals surface area contributed by atoms with Crippen LogP contribution in [0, 0.1) is 0 Å². The number of carbonyl (C=O) groups excluding carboxylic acids is 2. The molecule has 0 saturated heterocycles. The highest BCUT2D eigenvalue weighted by atomic mass is 32.2. The van der Waals surface area contributed by atoms with Crippen molar-refractivity contribution in [2.45, 2.75) is 43.8 Å². The number of thioether (sulfide) groups is 1. The number of anilines is 1. The Balaban J connectivity index is 1.57. The third-order valence-corrected chi connectivity index (χ3v) is 5.40. The highest BCUT2D eigenvalue weighted by molar-refractivity contribution is 7.98. The number of aromatic nitrogens is 2. The number of furan rings is 1. The lowest BCUT2D eigenvalue weighted by Crippen LogP contribution is -2.33. The average molecular weight is 457 g/mol. The zero-order chi connectivity index (χ0) is 23.3. The van der Waals surface area contributed by atoms with E-state index in [1.165, 1.54) is 16.7 Å². The Hall–Kier alpha value is -3.20. The summed E-state index contributed by atoms with van der Waals surface area (Å²) in [6, 6.07) is 10.8. The summed E-state index contributed by atoms with van der Waals surface area (Å²) in [7, 11) is 3.60. The maximum Gasteiger partial charge on any atom is 0.410 e. The van der Waals surface area contributed by atoms with Gasteiger partial charge in [-0.25, -0.2) is 9.78 Å². The molecule has 3 aromatic rings. The minimum atomic E-state index is -0.557. The number of nitrogens with one attached hydrogen (secondary N) is 1. The van der Waals surface area contributed by atoms with Gasteiger partial charge in [-0.3, -0.25) is 4.79 Å². The number of imidazole rings is 1. The number of benzene rings is 1. The Morgan fingerprint density at radius 3 is 2.72 bits per heavy atom. The summed E-state index contributed by atoms with van der Waals surface area (Å²) in [5, 5.41) is 3.72. The molecule has 8 nitrogen and oxygen atoms in total. The van der Waals surface area contributed by atoms with E-state index in [1.54, 1.807) is 31.4 Å². The van der Waals surface area contributed by atoms with E-state index < -0.39 is 11.7 Å². The van der Waals surface area contributed by atoms with Gasteiger partial charge in [0.2, 0.25) is 0 Å². The molecule has 2 amide bonds. The minimum absolute atomic E-state index is 0.233. The van der Waals surface area contributed by atoms with Gasteiger partial charge in [0.1, 0.15) is 11.4 Å². The molecule has 0 saturated carbocycles. The molecule has 0 unspecified atom stereocenters. The van der Waals surface area contributed by atoms with Gasteiger partial charge in [0.05, 0.1) is 5.75 Å². The smallest absolute Gasteiger partial charge is 0.410 e. The van der Waals surface area contributed by atoms with E-state index in [1.807, 2.05) is 56.8 Å². The van der Waals surface area contributed by atoms with Crippen LogP contribution in [-0.4, -0.2) is 39.1 Å². The fourth-order valence-electron chi connectivity index (χ4n) is 2.82. The Kier molecular flexibility index (Phi) is 7.29. The maximum absolute atomic E-state index is 12.6. The summed E-state index contributed by atoms with van der Waals surface area (Å²) >= 11 is 1.53. The molecular weight excluding hydrogens is 428 g/mol. The second kappa shape index (κ2) is 9.95. The number of amides is 2. The third-order valence-electron chi connectivity index (χ3n) is 4.32. The standard InChI is InChI=1S/C23H28N4O4S/c1-23(2,3)31-22(29)27(5)14-16-7-6-8-17(13-16)25-20(28)19-10-9-18(30-19)15-32-21-24-11-12-26(21)4/h6-13H,14-15H2,1-5H3,(H,25,28). The van der Waals surface area contributed by atoms with E-state index >= 15 is 0 Å². The van der Waals surface area contributed by atoms with Crippen LogP contribution in [0.25, 0.3) is 0 Å². The lowest BCUT2D eigenvalue weighted by molar-refractivity contribution is 0.0285. The van der Waals surface area contributed by atoms with Crippen LogP contribution in [0.2, 0.25) is 0 Å². The fraction of sp³-hybridized carbons (Fsp3) is 0.348. The lowest BCUT2D eigenvalue weighted by Gasteiger charge is -2.24. The van der Waals surface area contributed by atoms with E-state index in [0.717, 1.165) is 10.7 Å². The molecule has 9 heteroatoms. The molecule has 0 aliphatic rings. The van der Waals surface area contributed by atoms with Crippen molar-refractivity contribution in [1.82, 2.24) is 14.5 Å². The highest BCUT2D eigenvalue weighted by Gasteiger charge is 2.20. The summed E-state index contributed by atoms with van der Waals surface area (Å²) in [6.07, 6.45) is 3.21. The van der Waals surface area contributed by atoms with Crippen LogP contribution in [0.1, 0.15) is 42.6 Å². The number of hydrogen-bond acceptors (Lipinski definition) is 6. The minimum Gasteiger partial charge on any atom is -0.455 e. The van der Waals surface area contributed by atoms with Crippen molar-refractivity contribution < 1.29 is 18.7 Å². The summed E-state index contributed by atoms with van der Waals surface area (Å²) in [5.41, 5.74) is 0.923. The number of aryl methyl sites for hydroxylation is 1. The first-order valence-electron chi connectivity index (χ1n) is 10.1. The van der Waals surface area contributed by atoms with Gasteiger partial charge in [0, 0.05) is 38.7 Å². The quantitative estimate of drug-likeness (QED) is 0.507. The molecule has 0 atom stereocenters. The summed E-state index contributed by atoms with van der Waals surface area (Å²) in [6.45, 7) is 5.83. The van der Waals surface area contributed by atoms with Crippen molar-refractivity contribution in [3.63, 3.8) is 0 Å². The molecule has 0 radical (unpaired) electrons. The van der Waals surface area contributed by atoms with Gasteiger partial charge in [-0.15, -0.1) is 0 Å². The number of rotatable bonds is 7. The Bertz CT molecular complexity index is 1080. The van der Waals surface area contributed by atoms with Crippen molar-refractivity contribution in [3.8, 4) is 0 Å². The molecule has 170 valence electrons. The van der Waals surface area contributed by atoms with Crippen LogP contribution in [0.5, 0.6) is 0 Å². The molecule has 1 N–H and O–H groups in total. The van der Waals surface area contributed by atoms with Crippen molar-refractivity contribution in [2.24, 2.45) is 7.05 Å². The predicted molar refractivity (Wildman–Crippen MR) is 124 cm³/mol. The summed E-state index contributed by atoms with van der Waals surface area (Å²) < 4.78 is 13.0. The normalized spacial score (nSPS) is 11.3. The molecule has 2 heterocycles. The SMILES string of the molecule is CN(Cc1cccc(NC(=O)c2ccc(CSc3nccn3C)o2)c1)C(=O)OC(C)(C)C. The van der Waals surface area contributed by atoms with E-state index in [-0.39, 0.29) is 11.7 Å². The molecular formula is C23H28N4O4S. The monoisotopic (exact) mass is 456 g/mol. The average Bonchev–Trinajstić information content (AvgIpc) is 3.34. The van der Waals surface area contributed by atoms with E-state index in [2.05, 4.69) is 10.3 Å². The number of hydrogen-bond donors (Lipinski definition) is 1. The number of ether oxygens (including phenoxy) is 1. The molecule has 0 aliphatic carbocycles. The van der Waals surface area contributed by atoms with Gasteiger partial charge in [-0.2, -0.15) is 0 Å². The zero-order valence-electron chi connectivity index (χ0n) is 18.9. The Morgan fingerprint density at radius 2 is 2.03 bits per heavy atom. The van der Waals surface area contributed by atoms with Crippen LogP contribution in [0.4, 0.5) is 10.5 Å². The van der Waals surface area contributed by atoms with E-state index in [4.69, 9.17) is 9.15 Å². The van der Waals surface area contributed by atoms with Crippen LogP contribution in [-0.2, 0) is 24.1 Å². The van der Waals surface area contributed by atoms with Crippen LogP contribution in [0.15, 0.2) is 58.4 Å². The third kappa shape index (κ3) is 6.65. The summed E-state index contributed by atoms with van der Waals surface area (Å²) in [5.74, 6) is 1.16. The van der Waals surface area contributed by atoms with Gasteiger partial charge < -0.3 is 23.9 Å². The molecule has 32 heavy (non-hydrogen) atoms. The van der Waals surface area contributed by atoms with Gasteiger partial charge in [-0.1, -0.05) is 23.9 Å². The Morgan fingerprint density at radius 1 is 1.25 bits per heavy atom. The van der Waals surface area contributed by atoms with Crippen LogP contribution < -0.4 is 5.32 Å². The second-order valence-electron chi connectivity index (χ2n) is 8.37. The van der Waals surface area contributed by atoms with Gasteiger partial charge in [-0.05, 0) is 50.6 Å². The van der Waals surface area contributed by atoms with Crippen molar-refractivity contribution in [1.29, 1.82) is 0 Å². The second-order valence-corrected chi connectivity index (χ2v) is 9.31. The van der Waals surface area contributed by atoms with Gasteiger partial charge >= 0.3 is 6.09 Å². The van der Waals surface area contributed by atoms with Crippen molar-refractivity contribution in [3.05, 3.63) is 65.9 Å². The van der Waals surface area contributed by atoms with Gasteiger partial charge in [0.15, 0.2) is 10.9 Å². The lowest BCUT2D eigenvalue weighted by atomic mass is 10.2. The molecule has 0 fully saturated rings. The van der Waals surface area contributed by atoms with Crippen molar-refractivity contribution >= 4 is 29.4 Å². The topological polar surface area (TPSA) is 89.6 Å². The maximum atomic E-state index is 12.6.